The lowest BCUT2D eigenvalue weighted by molar-refractivity contribution is -0.126. The Morgan fingerprint density at radius 2 is 1.89 bits per heavy atom. The average molecular weight is 414 g/mol. The van der Waals surface area contributed by atoms with E-state index >= 15 is 0 Å². The molecule has 2 heterocycles. The zero-order valence-electron chi connectivity index (χ0n) is 15.5. The lowest BCUT2D eigenvalue weighted by Gasteiger charge is -2.34. The van der Waals surface area contributed by atoms with Crippen molar-refractivity contribution in [2.45, 2.75) is 0 Å². The SMILES string of the molecule is COc1ccc(Cl)c2sc(N3CCN(C(=O)/C=C/c4ccccc4)CC3)nc12. The van der Waals surface area contributed by atoms with Crippen LogP contribution < -0.4 is 9.64 Å². The molecule has 0 aliphatic carbocycles. The molecule has 7 heteroatoms. The van der Waals surface area contributed by atoms with Crippen LogP contribution >= 0.6 is 22.9 Å². The Morgan fingerprint density at radius 1 is 1.14 bits per heavy atom. The summed E-state index contributed by atoms with van der Waals surface area (Å²) >= 11 is 7.89. The van der Waals surface area contributed by atoms with Crippen LogP contribution in [0.2, 0.25) is 5.02 Å². The zero-order chi connectivity index (χ0) is 19.5. The molecule has 1 aliphatic rings. The van der Waals surface area contributed by atoms with Crippen molar-refractivity contribution in [1.82, 2.24) is 9.88 Å². The maximum absolute atomic E-state index is 12.5. The Morgan fingerprint density at radius 3 is 2.61 bits per heavy atom. The molecule has 3 aromatic rings. The van der Waals surface area contributed by atoms with Gasteiger partial charge in [0.1, 0.15) is 11.3 Å². The first-order valence-corrected chi connectivity index (χ1v) is 10.2. The molecule has 1 aromatic heterocycles. The highest BCUT2D eigenvalue weighted by atomic mass is 35.5. The van der Waals surface area contributed by atoms with Crippen LogP contribution in [0, 0.1) is 0 Å². The van der Waals surface area contributed by atoms with Crippen LogP contribution in [0.5, 0.6) is 5.75 Å². The predicted molar refractivity (Wildman–Crippen MR) is 115 cm³/mol. The van der Waals surface area contributed by atoms with Gasteiger partial charge in [0, 0.05) is 32.3 Å². The molecule has 1 amide bonds. The number of piperazine rings is 1. The first-order chi connectivity index (χ1) is 13.7. The van der Waals surface area contributed by atoms with E-state index in [1.54, 1.807) is 24.5 Å². The highest BCUT2D eigenvalue weighted by molar-refractivity contribution is 7.22. The number of thiazole rings is 1. The minimum Gasteiger partial charge on any atom is -0.494 e. The Hall–Kier alpha value is -2.57. The van der Waals surface area contributed by atoms with Crippen molar-refractivity contribution in [2.24, 2.45) is 0 Å². The number of methoxy groups -OCH3 is 1. The number of carbonyl (C=O) groups excluding carboxylic acids is 1. The quantitative estimate of drug-likeness (QED) is 0.597. The first-order valence-electron chi connectivity index (χ1n) is 9.06. The standard InChI is InChI=1S/C21H20ClN3O2S/c1-27-17-9-8-16(22)20-19(17)23-21(28-20)25-13-11-24(12-14-25)18(26)10-7-15-5-3-2-4-6-15/h2-10H,11-14H2,1H3/b10-7+. The molecular formula is C21H20ClN3O2S. The minimum absolute atomic E-state index is 0.0394. The number of ether oxygens (including phenoxy) is 1. The molecule has 0 unspecified atom stereocenters. The number of carbonyl (C=O) groups is 1. The van der Waals surface area contributed by atoms with Gasteiger partial charge >= 0.3 is 0 Å². The Labute approximate surface area is 172 Å². The van der Waals surface area contributed by atoms with E-state index in [0.717, 1.165) is 39.8 Å². The van der Waals surface area contributed by atoms with E-state index in [1.165, 1.54) is 0 Å². The van der Waals surface area contributed by atoms with Crippen molar-refractivity contribution in [3.63, 3.8) is 0 Å². The lowest BCUT2D eigenvalue weighted by atomic mass is 10.2. The number of benzene rings is 2. The van der Waals surface area contributed by atoms with Gasteiger partial charge in [0.2, 0.25) is 5.91 Å². The summed E-state index contributed by atoms with van der Waals surface area (Å²) in [4.78, 5) is 21.3. The van der Waals surface area contributed by atoms with Crippen LogP contribution in [0.25, 0.3) is 16.3 Å². The van der Waals surface area contributed by atoms with Gasteiger partial charge in [-0.1, -0.05) is 53.3 Å². The Balaban J connectivity index is 1.43. The van der Waals surface area contributed by atoms with Crippen molar-refractivity contribution < 1.29 is 9.53 Å². The van der Waals surface area contributed by atoms with Crippen molar-refractivity contribution in [1.29, 1.82) is 0 Å². The second-order valence-corrected chi connectivity index (χ2v) is 7.86. The van der Waals surface area contributed by atoms with E-state index in [1.807, 2.05) is 53.4 Å². The smallest absolute Gasteiger partial charge is 0.246 e. The summed E-state index contributed by atoms with van der Waals surface area (Å²) in [6.45, 7) is 2.81. The van der Waals surface area contributed by atoms with Crippen LogP contribution in [0.1, 0.15) is 5.56 Å². The molecule has 2 aromatic carbocycles. The van der Waals surface area contributed by atoms with E-state index < -0.39 is 0 Å². The van der Waals surface area contributed by atoms with Gasteiger partial charge in [-0.25, -0.2) is 4.98 Å². The normalized spacial score (nSPS) is 14.8. The summed E-state index contributed by atoms with van der Waals surface area (Å²) in [5.74, 6) is 0.763. The maximum Gasteiger partial charge on any atom is 0.246 e. The minimum atomic E-state index is 0.0394. The highest BCUT2D eigenvalue weighted by Gasteiger charge is 2.23. The number of hydrogen-bond donors (Lipinski definition) is 0. The van der Waals surface area contributed by atoms with Gasteiger partial charge in [-0.2, -0.15) is 0 Å². The van der Waals surface area contributed by atoms with Crippen molar-refractivity contribution in [3.05, 3.63) is 59.1 Å². The molecule has 0 saturated carbocycles. The fraction of sp³-hybridized carbons (Fsp3) is 0.238. The fourth-order valence-electron chi connectivity index (χ4n) is 3.20. The largest absolute Gasteiger partial charge is 0.494 e. The molecule has 0 atom stereocenters. The van der Waals surface area contributed by atoms with E-state index in [4.69, 9.17) is 21.3 Å². The molecule has 28 heavy (non-hydrogen) atoms. The monoisotopic (exact) mass is 413 g/mol. The number of aromatic nitrogens is 1. The summed E-state index contributed by atoms with van der Waals surface area (Å²) in [5, 5.41) is 1.59. The summed E-state index contributed by atoms with van der Waals surface area (Å²) < 4.78 is 6.33. The molecule has 1 saturated heterocycles. The Kier molecular flexibility index (Phi) is 5.50. The number of halogens is 1. The predicted octanol–water partition coefficient (Wildman–Crippen LogP) is 4.32. The molecule has 5 nitrogen and oxygen atoms in total. The third-order valence-corrected chi connectivity index (χ3v) is 6.32. The van der Waals surface area contributed by atoms with Gasteiger partial charge in [0.05, 0.1) is 16.8 Å². The Bertz CT molecular complexity index is 1010. The van der Waals surface area contributed by atoms with E-state index in [0.29, 0.717) is 18.1 Å². The fourth-order valence-corrected chi connectivity index (χ4v) is 4.50. The van der Waals surface area contributed by atoms with Crippen molar-refractivity contribution in [2.75, 3.05) is 38.2 Å². The third kappa shape index (κ3) is 3.84. The van der Waals surface area contributed by atoms with E-state index in [9.17, 15) is 4.79 Å². The molecule has 4 rings (SSSR count). The average Bonchev–Trinajstić information content (AvgIpc) is 3.20. The maximum atomic E-state index is 12.5. The highest BCUT2D eigenvalue weighted by Crippen LogP contribution is 2.38. The zero-order valence-corrected chi connectivity index (χ0v) is 17.0. The second kappa shape index (κ2) is 8.20. The molecule has 0 radical (unpaired) electrons. The van der Waals surface area contributed by atoms with Crippen LogP contribution in [0.15, 0.2) is 48.5 Å². The number of hydrogen-bond acceptors (Lipinski definition) is 5. The van der Waals surface area contributed by atoms with E-state index in [-0.39, 0.29) is 5.91 Å². The van der Waals surface area contributed by atoms with Crippen LogP contribution in [0.3, 0.4) is 0 Å². The van der Waals surface area contributed by atoms with Gasteiger partial charge in [0.15, 0.2) is 5.13 Å². The lowest BCUT2D eigenvalue weighted by Crippen LogP contribution is -2.48. The molecule has 1 fully saturated rings. The molecule has 1 aliphatic heterocycles. The van der Waals surface area contributed by atoms with Gasteiger partial charge in [-0.3, -0.25) is 4.79 Å². The number of anilines is 1. The summed E-state index contributed by atoms with van der Waals surface area (Å²) in [6, 6.07) is 13.5. The first kappa shape index (κ1) is 18.8. The van der Waals surface area contributed by atoms with Gasteiger partial charge in [0.25, 0.3) is 0 Å². The van der Waals surface area contributed by atoms with Crippen LogP contribution in [-0.4, -0.2) is 49.1 Å². The third-order valence-electron chi connectivity index (χ3n) is 4.75. The molecule has 144 valence electrons. The number of rotatable bonds is 4. The molecular weight excluding hydrogens is 394 g/mol. The van der Waals surface area contributed by atoms with Crippen molar-refractivity contribution >= 4 is 50.3 Å². The van der Waals surface area contributed by atoms with Crippen LogP contribution in [-0.2, 0) is 4.79 Å². The topological polar surface area (TPSA) is 45.7 Å². The molecule has 0 spiro atoms. The number of amides is 1. The molecule has 0 N–H and O–H groups in total. The van der Waals surface area contributed by atoms with Gasteiger partial charge in [-0.05, 0) is 23.8 Å². The van der Waals surface area contributed by atoms with Gasteiger partial charge < -0.3 is 14.5 Å². The summed E-state index contributed by atoms with van der Waals surface area (Å²) in [6.07, 6.45) is 3.50. The second-order valence-electron chi connectivity index (χ2n) is 6.48. The van der Waals surface area contributed by atoms with Gasteiger partial charge in [-0.15, -0.1) is 0 Å². The van der Waals surface area contributed by atoms with E-state index in [2.05, 4.69) is 4.90 Å². The molecule has 0 bridgehead atoms. The number of nitrogens with zero attached hydrogens (tertiary/aromatic N) is 3. The van der Waals surface area contributed by atoms with Crippen LogP contribution in [0.4, 0.5) is 5.13 Å². The van der Waals surface area contributed by atoms with Crippen molar-refractivity contribution in [3.8, 4) is 5.75 Å². The number of fused-ring (bicyclic) bond motifs is 1. The summed E-state index contributed by atoms with van der Waals surface area (Å²) in [7, 11) is 1.63. The summed E-state index contributed by atoms with van der Waals surface area (Å²) in [5.41, 5.74) is 1.81.